The molecule has 35 heavy (non-hydrogen) atoms. The van der Waals surface area contributed by atoms with Gasteiger partial charge in [-0.25, -0.2) is 8.42 Å². The van der Waals surface area contributed by atoms with Crippen LogP contribution in [0, 0.1) is 0 Å². The topological polar surface area (TPSA) is 78.9 Å². The van der Waals surface area contributed by atoms with Crippen molar-refractivity contribution in [1.29, 1.82) is 0 Å². The van der Waals surface area contributed by atoms with Crippen LogP contribution < -0.4 is 14.4 Å². The fourth-order valence-electron chi connectivity index (χ4n) is 3.50. The summed E-state index contributed by atoms with van der Waals surface area (Å²) in [6.07, 6.45) is 0. The van der Waals surface area contributed by atoms with Crippen LogP contribution in [0.5, 0.6) is 5.75 Å². The lowest BCUT2D eigenvalue weighted by atomic mass is 10.1. The largest absolute Gasteiger partial charge is 0.497 e. The van der Waals surface area contributed by atoms with Crippen LogP contribution in [0.4, 0.5) is 5.69 Å². The van der Waals surface area contributed by atoms with E-state index in [4.69, 9.17) is 4.74 Å². The molecular formula is C27H33N3O4S. The molecule has 0 aliphatic heterocycles. The lowest BCUT2D eigenvalue weighted by Gasteiger charge is -2.22. The number of carbonyl (C=O) groups is 1. The zero-order valence-electron chi connectivity index (χ0n) is 20.9. The summed E-state index contributed by atoms with van der Waals surface area (Å²) >= 11 is 0. The highest BCUT2D eigenvalue weighted by Crippen LogP contribution is 2.25. The Balaban J connectivity index is 1.75. The minimum absolute atomic E-state index is 0.0439. The molecular weight excluding hydrogens is 462 g/mol. The van der Waals surface area contributed by atoms with E-state index in [9.17, 15) is 13.2 Å². The molecule has 0 bridgehead atoms. The standard InChI is InChI=1S/C27H33N3O4S/c1-20(2)29(3)19-23-10-7-6-9-22(23)18-28-27(31)21-11-8-12-26(17-21)35(32,33)30(4)24-13-15-25(34-5)16-14-24/h6-17,20H,18-19H2,1-5H3,(H,28,31). The smallest absolute Gasteiger partial charge is 0.264 e. The Kier molecular flexibility index (Phi) is 8.53. The minimum atomic E-state index is -3.86. The first-order chi connectivity index (χ1) is 16.6. The number of benzene rings is 3. The Morgan fingerprint density at radius 2 is 1.60 bits per heavy atom. The normalized spacial score (nSPS) is 11.5. The first-order valence-electron chi connectivity index (χ1n) is 11.4. The molecule has 0 saturated heterocycles. The fraction of sp³-hybridized carbons (Fsp3) is 0.296. The molecule has 1 N–H and O–H groups in total. The van der Waals surface area contributed by atoms with Crippen molar-refractivity contribution in [2.75, 3.05) is 25.5 Å². The van der Waals surface area contributed by atoms with Crippen molar-refractivity contribution < 1.29 is 17.9 Å². The van der Waals surface area contributed by atoms with Gasteiger partial charge < -0.3 is 10.1 Å². The van der Waals surface area contributed by atoms with E-state index in [2.05, 4.69) is 37.2 Å². The molecule has 3 rings (SSSR count). The number of amides is 1. The predicted molar refractivity (Wildman–Crippen MR) is 139 cm³/mol. The molecule has 0 heterocycles. The molecule has 186 valence electrons. The van der Waals surface area contributed by atoms with Crippen molar-refractivity contribution in [2.24, 2.45) is 0 Å². The molecule has 3 aromatic rings. The molecule has 0 atom stereocenters. The molecule has 7 nitrogen and oxygen atoms in total. The maximum absolute atomic E-state index is 13.2. The first-order valence-corrected chi connectivity index (χ1v) is 12.9. The van der Waals surface area contributed by atoms with E-state index in [1.807, 2.05) is 18.2 Å². The molecule has 0 aliphatic rings. The summed E-state index contributed by atoms with van der Waals surface area (Å²) in [4.78, 5) is 15.2. The molecule has 0 aliphatic carbocycles. The van der Waals surface area contributed by atoms with E-state index in [1.165, 1.54) is 23.5 Å². The second kappa shape index (κ2) is 11.4. The summed E-state index contributed by atoms with van der Waals surface area (Å²) < 4.78 is 32.7. The third-order valence-electron chi connectivity index (χ3n) is 6.05. The van der Waals surface area contributed by atoms with Crippen molar-refractivity contribution >= 4 is 21.6 Å². The van der Waals surface area contributed by atoms with E-state index in [1.54, 1.807) is 43.5 Å². The van der Waals surface area contributed by atoms with Gasteiger partial charge in [0.1, 0.15) is 5.75 Å². The molecule has 0 saturated carbocycles. The zero-order chi connectivity index (χ0) is 25.6. The number of hydrogen-bond donors (Lipinski definition) is 1. The third kappa shape index (κ3) is 6.41. The van der Waals surface area contributed by atoms with Crippen LogP contribution in [0.1, 0.15) is 35.3 Å². The van der Waals surface area contributed by atoms with Gasteiger partial charge in [-0.15, -0.1) is 0 Å². The summed E-state index contributed by atoms with van der Waals surface area (Å²) in [6, 6.07) is 21.2. The number of nitrogens with zero attached hydrogens (tertiary/aromatic N) is 2. The van der Waals surface area contributed by atoms with Gasteiger partial charge in [0.05, 0.1) is 17.7 Å². The second-order valence-electron chi connectivity index (χ2n) is 8.66. The number of ether oxygens (including phenoxy) is 1. The summed E-state index contributed by atoms with van der Waals surface area (Å²) in [6.45, 7) is 5.40. The maximum Gasteiger partial charge on any atom is 0.264 e. The molecule has 3 aromatic carbocycles. The number of nitrogens with one attached hydrogen (secondary N) is 1. The average Bonchev–Trinajstić information content (AvgIpc) is 2.87. The van der Waals surface area contributed by atoms with Gasteiger partial charge in [-0.3, -0.25) is 14.0 Å². The lowest BCUT2D eigenvalue weighted by molar-refractivity contribution is 0.0950. The Morgan fingerprint density at radius 1 is 0.943 bits per heavy atom. The second-order valence-corrected chi connectivity index (χ2v) is 10.6. The molecule has 0 fully saturated rings. The molecule has 1 amide bonds. The molecule has 0 spiro atoms. The summed E-state index contributed by atoms with van der Waals surface area (Å²) in [7, 11) is 1.24. The van der Waals surface area contributed by atoms with Gasteiger partial charge >= 0.3 is 0 Å². The summed E-state index contributed by atoms with van der Waals surface area (Å²) in [5.41, 5.74) is 2.94. The quantitative estimate of drug-likeness (QED) is 0.454. The number of anilines is 1. The summed E-state index contributed by atoms with van der Waals surface area (Å²) in [5.74, 6) is 0.303. The molecule has 8 heteroatoms. The van der Waals surface area contributed by atoms with Crippen molar-refractivity contribution in [2.45, 2.75) is 37.9 Å². The highest BCUT2D eigenvalue weighted by Gasteiger charge is 2.22. The number of hydrogen-bond acceptors (Lipinski definition) is 5. The van der Waals surface area contributed by atoms with Gasteiger partial charge in [0.2, 0.25) is 0 Å². The Labute approximate surface area is 208 Å². The van der Waals surface area contributed by atoms with Crippen LogP contribution in [0.3, 0.4) is 0 Å². The number of rotatable bonds is 10. The Hall–Kier alpha value is -3.36. The van der Waals surface area contributed by atoms with E-state index >= 15 is 0 Å². The molecule has 0 aromatic heterocycles. The highest BCUT2D eigenvalue weighted by atomic mass is 32.2. The van der Waals surface area contributed by atoms with Crippen LogP contribution in [0.25, 0.3) is 0 Å². The van der Waals surface area contributed by atoms with E-state index < -0.39 is 10.0 Å². The zero-order valence-corrected chi connectivity index (χ0v) is 21.7. The van der Waals surface area contributed by atoms with Crippen LogP contribution in [-0.2, 0) is 23.1 Å². The third-order valence-corrected chi connectivity index (χ3v) is 7.83. The van der Waals surface area contributed by atoms with Crippen molar-refractivity contribution in [1.82, 2.24) is 10.2 Å². The van der Waals surface area contributed by atoms with Gasteiger partial charge in [0.15, 0.2) is 0 Å². The SMILES string of the molecule is COc1ccc(N(C)S(=O)(=O)c2cccc(C(=O)NCc3ccccc3CN(C)C(C)C)c2)cc1. The molecule has 0 unspecified atom stereocenters. The van der Waals surface area contributed by atoms with E-state index in [0.29, 0.717) is 24.0 Å². The monoisotopic (exact) mass is 495 g/mol. The molecule has 0 radical (unpaired) electrons. The Bertz CT molecular complexity index is 1260. The van der Waals surface area contributed by atoms with Crippen LogP contribution in [-0.4, -0.2) is 46.5 Å². The number of methoxy groups -OCH3 is 1. The van der Waals surface area contributed by atoms with Crippen LogP contribution in [0.2, 0.25) is 0 Å². The fourth-order valence-corrected chi connectivity index (χ4v) is 4.74. The van der Waals surface area contributed by atoms with Gasteiger partial charge in [0.25, 0.3) is 15.9 Å². The van der Waals surface area contributed by atoms with Crippen LogP contribution >= 0.6 is 0 Å². The van der Waals surface area contributed by atoms with Crippen molar-refractivity contribution in [3.05, 3.63) is 89.5 Å². The highest BCUT2D eigenvalue weighted by molar-refractivity contribution is 7.92. The Morgan fingerprint density at radius 3 is 2.23 bits per heavy atom. The first kappa shape index (κ1) is 26.2. The van der Waals surface area contributed by atoms with Gasteiger partial charge in [-0.05, 0) is 74.5 Å². The average molecular weight is 496 g/mol. The van der Waals surface area contributed by atoms with Gasteiger partial charge in [-0.1, -0.05) is 30.3 Å². The van der Waals surface area contributed by atoms with Gasteiger partial charge in [-0.2, -0.15) is 0 Å². The number of sulfonamides is 1. The van der Waals surface area contributed by atoms with Crippen molar-refractivity contribution in [3.8, 4) is 5.75 Å². The van der Waals surface area contributed by atoms with E-state index in [0.717, 1.165) is 17.7 Å². The van der Waals surface area contributed by atoms with Gasteiger partial charge in [0, 0.05) is 31.7 Å². The van der Waals surface area contributed by atoms with E-state index in [-0.39, 0.29) is 16.4 Å². The maximum atomic E-state index is 13.2. The minimum Gasteiger partial charge on any atom is -0.497 e. The predicted octanol–water partition coefficient (Wildman–Crippen LogP) is 4.29. The summed E-state index contributed by atoms with van der Waals surface area (Å²) in [5, 5.41) is 2.93. The number of carbonyl (C=O) groups excluding carboxylic acids is 1. The van der Waals surface area contributed by atoms with Crippen molar-refractivity contribution in [3.63, 3.8) is 0 Å². The lowest BCUT2D eigenvalue weighted by Crippen LogP contribution is -2.28. The van der Waals surface area contributed by atoms with Crippen LogP contribution in [0.15, 0.2) is 77.7 Å².